The lowest BCUT2D eigenvalue weighted by atomic mass is 10.2. The minimum Gasteiger partial charge on any atom is -0.321 e. The molecule has 0 atom stereocenters. The van der Waals surface area contributed by atoms with Crippen LogP contribution in [0.2, 0.25) is 0 Å². The van der Waals surface area contributed by atoms with Gasteiger partial charge in [-0.15, -0.1) is 11.3 Å². The van der Waals surface area contributed by atoms with E-state index in [4.69, 9.17) is 0 Å². The lowest BCUT2D eigenvalue weighted by Crippen LogP contribution is -2.21. The first-order valence-corrected chi connectivity index (χ1v) is 7.23. The van der Waals surface area contributed by atoms with Crippen molar-refractivity contribution in [1.82, 2.24) is 5.32 Å². The van der Waals surface area contributed by atoms with E-state index in [-0.39, 0.29) is 5.91 Å². The zero-order valence-electron chi connectivity index (χ0n) is 11.6. The molecular weight excluding hydrogens is 266 g/mol. The fraction of sp³-hybridized carbons (Fsp3) is 0.118. The number of hydrogen-bond acceptors (Lipinski definition) is 2. The average molecular weight is 283 g/mol. The van der Waals surface area contributed by atoms with Crippen LogP contribution in [0.15, 0.2) is 66.4 Å². The van der Waals surface area contributed by atoms with Gasteiger partial charge >= 0.3 is 0 Å². The zero-order valence-corrected chi connectivity index (χ0v) is 12.5. The standard InChI is InChI=1S/C17H17NOS/c1-4-8-12(3)14(5-2)18-17(19)16-11-13-9-6-7-10-15(13)20-16/h4-11H,2H2,1,3H3,(H,18,19)/b8-4-,14-12+. The quantitative estimate of drug-likeness (QED) is 0.812. The van der Waals surface area contributed by atoms with Crippen LogP contribution in [0.4, 0.5) is 0 Å². The molecule has 1 aromatic heterocycles. The normalized spacial score (nSPS) is 12.5. The highest BCUT2D eigenvalue weighted by atomic mass is 32.1. The van der Waals surface area contributed by atoms with Crippen molar-refractivity contribution in [2.45, 2.75) is 13.8 Å². The molecule has 0 fully saturated rings. The number of benzene rings is 1. The van der Waals surface area contributed by atoms with Crippen LogP contribution in [-0.4, -0.2) is 5.91 Å². The van der Waals surface area contributed by atoms with Gasteiger partial charge in [-0.25, -0.2) is 0 Å². The molecule has 102 valence electrons. The number of amides is 1. The second kappa shape index (κ2) is 6.35. The summed E-state index contributed by atoms with van der Waals surface area (Å²) >= 11 is 1.50. The molecule has 1 heterocycles. The van der Waals surface area contributed by atoms with Gasteiger partial charge in [-0.2, -0.15) is 0 Å². The highest BCUT2D eigenvalue weighted by molar-refractivity contribution is 7.20. The molecule has 0 unspecified atom stereocenters. The summed E-state index contributed by atoms with van der Waals surface area (Å²) in [6.45, 7) is 7.64. The third kappa shape index (κ3) is 3.06. The van der Waals surface area contributed by atoms with Crippen LogP contribution in [0.1, 0.15) is 23.5 Å². The third-order valence-corrected chi connectivity index (χ3v) is 4.06. The Labute approximate surface area is 123 Å². The van der Waals surface area contributed by atoms with Crippen molar-refractivity contribution in [3.63, 3.8) is 0 Å². The molecule has 0 saturated carbocycles. The molecule has 0 bridgehead atoms. The van der Waals surface area contributed by atoms with Gasteiger partial charge in [0, 0.05) is 10.4 Å². The maximum absolute atomic E-state index is 12.3. The maximum atomic E-state index is 12.3. The van der Waals surface area contributed by atoms with Crippen molar-refractivity contribution < 1.29 is 4.79 Å². The number of carbonyl (C=O) groups excluding carboxylic acids is 1. The largest absolute Gasteiger partial charge is 0.321 e. The lowest BCUT2D eigenvalue weighted by Gasteiger charge is -2.06. The number of allylic oxidation sites excluding steroid dienone is 4. The predicted molar refractivity (Wildman–Crippen MR) is 87.0 cm³/mol. The first-order chi connectivity index (χ1) is 9.65. The molecule has 3 heteroatoms. The molecule has 20 heavy (non-hydrogen) atoms. The molecular formula is C17H17NOS. The highest BCUT2D eigenvalue weighted by Gasteiger charge is 2.11. The predicted octanol–water partition coefficient (Wildman–Crippen LogP) is 4.67. The number of thiophene rings is 1. The molecule has 1 N–H and O–H groups in total. The number of carbonyl (C=O) groups is 1. The molecule has 1 amide bonds. The van der Waals surface area contributed by atoms with Crippen LogP contribution in [0.5, 0.6) is 0 Å². The van der Waals surface area contributed by atoms with Crippen molar-refractivity contribution in [2.75, 3.05) is 0 Å². The molecule has 0 aliphatic carbocycles. The fourth-order valence-electron chi connectivity index (χ4n) is 1.93. The summed E-state index contributed by atoms with van der Waals surface area (Å²) in [5.74, 6) is -0.0926. The van der Waals surface area contributed by atoms with Crippen molar-refractivity contribution in [3.05, 3.63) is 71.3 Å². The summed E-state index contributed by atoms with van der Waals surface area (Å²) in [7, 11) is 0. The Morgan fingerprint density at radius 3 is 2.75 bits per heavy atom. The molecule has 2 rings (SSSR count). The van der Waals surface area contributed by atoms with E-state index in [9.17, 15) is 4.79 Å². The molecule has 2 nitrogen and oxygen atoms in total. The number of fused-ring (bicyclic) bond motifs is 1. The van der Waals surface area contributed by atoms with Crippen molar-refractivity contribution in [3.8, 4) is 0 Å². The van der Waals surface area contributed by atoms with E-state index in [2.05, 4.69) is 11.9 Å². The minimum atomic E-state index is -0.0926. The SMILES string of the molecule is C=C/C(NC(=O)c1cc2ccccc2s1)=C(C)\C=C/C. The Hall–Kier alpha value is -2.13. The van der Waals surface area contributed by atoms with E-state index in [1.165, 1.54) is 11.3 Å². The fourth-order valence-corrected chi connectivity index (χ4v) is 2.89. The summed E-state index contributed by atoms with van der Waals surface area (Å²) < 4.78 is 1.12. The van der Waals surface area contributed by atoms with Crippen molar-refractivity contribution in [2.24, 2.45) is 0 Å². The van der Waals surface area contributed by atoms with Crippen LogP contribution in [0.3, 0.4) is 0 Å². The Kier molecular flexibility index (Phi) is 4.53. The summed E-state index contributed by atoms with van der Waals surface area (Å²) in [4.78, 5) is 13.0. The highest BCUT2D eigenvalue weighted by Crippen LogP contribution is 2.25. The van der Waals surface area contributed by atoms with Gasteiger partial charge in [0.2, 0.25) is 0 Å². The van der Waals surface area contributed by atoms with E-state index < -0.39 is 0 Å². The van der Waals surface area contributed by atoms with Crippen LogP contribution < -0.4 is 5.32 Å². The van der Waals surface area contributed by atoms with E-state index >= 15 is 0 Å². The van der Waals surface area contributed by atoms with Gasteiger partial charge in [0.1, 0.15) is 0 Å². The van der Waals surface area contributed by atoms with Gasteiger partial charge in [-0.05, 0) is 43.0 Å². The maximum Gasteiger partial charge on any atom is 0.265 e. The minimum absolute atomic E-state index is 0.0926. The Balaban J connectivity index is 2.27. The Morgan fingerprint density at radius 2 is 2.10 bits per heavy atom. The smallest absolute Gasteiger partial charge is 0.265 e. The van der Waals surface area contributed by atoms with E-state index in [0.29, 0.717) is 4.88 Å². The second-order valence-corrected chi connectivity index (χ2v) is 5.49. The number of rotatable bonds is 4. The molecule has 0 saturated heterocycles. The topological polar surface area (TPSA) is 29.1 Å². The molecule has 0 aliphatic rings. The van der Waals surface area contributed by atoms with Gasteiger partial charge in [0.15, 0.2) is 0 Å². The Morgan fingerprint density at radius 1 is 1.35 bits per heavy atom. The summed E-state index contributed by atoms with van der Waals surface area (Å²) in [6, 6.07) is 9.90. The van der Waals surface area contributed by atoms with Gasteiger partial charge in [0.05, 0.1) is 4.88 Å². The van der Waals surface area contributed by atoms with Gasteiger partial charge in [-0.1, -0.05) is 36.9 Å². The number of nitrogens with one attached hydrogen (secondary N) is 1. The van der Waals surface area contributed by atoms with Crippen LogP contribution in [0.25, 0.3) is 10.1 Å². The molecule has 0 radical (unpaired) electrons. The van der Waals surface area contributed by atoms with E-state index in [1.54, 1.807) is 6.08 Å². The molecule has 0 spiro atoms. The van der Waals surface area contributed by atoms with Crippen molar-refractivity contribution in [1.29, 1.82) is 0 Å². The summed E-state index contributed by atoms with van der Waals surface area (Å²) in [5, 5.41) is 4.00. The monoisotopic (exact) mass is 283 g/mol. The summed E-state index contributed by atoms with van der Waals surface area (Å²) in [6.07, 6.45) is 5.55. The first kappa shape index (κ1) is 14.3. The Bertz CT molecular complexity index is 674. The molecule has 1 aromatic carbocycles. The van der Waals surface area contributed by atoms with Crippen LogP contribution in [0, 0.1) is 0 Å². The molecule has 2 aromatic rings. The lowest BCUT2D eigenvalue weighted by molar-refractivity contribution is 0.0971. The van der Waals surface area contributed by atoms with Crippen LogP contribution in [-0.2, 0) is 0 Å². The van der Waals surface area contributed by atoms with Crippen LogP contribution >= 0.6 is 11.3 Å². The third-order valence-electron chi connectivity index (χ3n) is 2.94. The van der Waals surface area contributed by atoms with Gasteiger partial charge in [0.25, 0.3) is 5.91 Å². The van der Waals surface area contributed by atoms with E-state index in [1.807, 2.05) is 56.3 Å². The number of hydrogen-bond donors (Lipinski definition) is 1. The molecule has 0 aliphatic heterocycles. The van der Waals surface area contributed by atoms with E-state index in [0.717, 1.165) is 21.4 Å². The van der Waals surface area contributed by atoms with Gasteiger partial charge < -0.3 is 5.32 Å². The van der Waals surface area contributed by atoms with Crippen molar-refractivity contribution >= 4 is 27.3 Å². The van der Waals surface area contributed by atoms with Gasteiger partial charge in [-0.3, -0.25) is 4.79 Å². The second-order valence-electron chi connectivity index (χ2n) is 4.40. The first-order valence-electron chi connectivity index (χ1n) is 6.41. The zero-order chi connectivity index (χ0) is 14.5. The summed E-state index contributed by atoms with van der Waals surface area (Å²) in [5.41, 5.74) is 1.72. The average Bonchev–Trinajstić information content (AvgIpc) is 2.88.